The molecule has 0 aliphatic carbocycles. The molecule has 150 valence electrons. The number of benzene rings is 2. The first-order valence-corrected chi connectivity index (χ1v) is 10.1. The molecule has 0 saturated heterocycles. The summed E-state index contributed by atoms with van der Waals surface area (Å²) in [6.07, 6.45) is 4.72. The summed E-state index contributed by atoms with van der Waals surface area (Å²) in [5.41, 5.74) is 1.84. The molecule has 0 atom stereocenters. The molecule has 0 unspecified atom stereocenters. The number of halogens is 3. The number of carbonyl (C=O) groups excluding carboxylic acids is 1. The van der Waals surface area contributed by atoms with Crippen LogP contribution in [0.1, 0.15) is 21.6 Å². The summed E-state index contributed by atoms with van der Waals surface area (Å²) >= 11 is 15.6. The van der Waals surface area contributed by atoms with Crippen molar-refractivity contribution < 1.29 is 14.3 Å². The van der Waals surface area contributed by atoms with Gasteiger partial charge in [-0.05, 0) is 42.0 Å². The van der Waals surface area contributed by atoms with Crippen LogP contribution in [0.5, 0.6) is 11.5 Å². The Morgan fingerprint density at radius 1 is 1.17 bits per heavy atom. The van der Waals surface area contributed by atoms with Crippen molar-refractivity contribution in [3.05, 3.63) is 80.0 Å². The summed E-state index contributed by atoms with van der Waals surface area (Å²) in [5.74, 6) is 0.971. The second-order valence-corrected chi connectivity index (χ2v) is 7.86. The van der Waals surface area contributed by atoms with Crippen LogP contribution in [-0.4, -0.2) is 22.7 Å². The maximum Gasteiger partial charge on any atom is 0.207 e. The molecule has 2 aromatic carbocycles. The molecule has 0 N–H and O–H groups in total. The lowest BCUT2D eigenvalue weighted by molar-refractivity contribution is 0.104. The van der Waals surface area contributed by atoms with Crippen molar-refractivity contribution in [3.63, 3.8) is 0 Å². The highest BCUT2D eigenvalue weighted by molar-refractivity contribution is 9.10. The average molecular weight is 496 g/mol. The van der Waals surface area contributed by atoms with Crippen molar-refractivity contribution in [3.8, 4) is 11.5 Å². The first-order valence-electron chi connectivity index (χ1n) is 8.53. The van der Waals surface area contributed by atoms with Gasteiger partial charge in [-0.15, -0.1) is 0 Å². The highest BCUT2D eigenvalue weighted by Crippen LogP contribution is 2.30. The molecule has 29 heavy (non-hydrogen) atoms. The topological polar surface area (TPSA) is 53.3 Å². The highest BCUT2D eigenvalue weighted by Gasteiger charge is 2.12. The largest absolute Gasteiger partial charge is 0.496 e. The fourth-order valence-corrected chi connectivity index (χ4v) is 3.64. The van der Waals surface area contributed by atoms with E-state index in [1.807, 2.05) is 24.3 Å². The number of rotatable bonds is 7. The molecule has 5 nitrogen and oxygen atoms in total. The zero-order valence-electron chi connectivity index (χ0n) is 15.7. The summed E-state index contributed by atoms with van der Waals surface area (Å²) < 4.78 is 13.6. The summed E-state index contributed by atoms with van der Waals surface area (Å²) in [7, 11) is 3.30. The fourth-order valence-electron chi connectivity index (χ4n) is 2.64. The van der Waals surface area contributed by atoms with Gasteiger partial charge in [0.2, 0.25) is 5.78 Å². The van der Waals surface area contributed by atoms with Gasteiger partial charge < -0.3 is 9.47 Å². The molecule has 0 bridgehead atoms. The van der Waals surface area contributed by atoms with E-state index in [2.05, 4.69) is 21.0 Å². The van der Waals surface area contributed by atoms with E-state index in [9.17, 15) is 4.79 Å². The Morgan fingerprint density at radius 2 is 1.93 bits per heavy atom. The lowest BCUT2D eigenvalue weighted by atomic mass is 10.1. The number of nitrogens with zero attached hydrogens (tertiary/aromatic N) is 2. The molecular formula is C21H17BrCl2N2O3. The molecule has 1 heterocycles. The minimum Gasteiger partial charge on any atom is -0.496 e. The smallest absolute Gasteiger partial charge is 0.207 e. The molecule has 3 aromatic rings. The molecule has 8 heteroatoms. The monoisotopic (exact) mass is 494 g/mol. The number of ether oxygens (including phenoxy) is 2. The van der Waals surface area contributed by atoms with E-state index in [4.69, 9.17) is 32.7 Å². The first kappa shape index (κ1) is 21.4. The van der Waals surface area contributed by atoms with Crippen LogP contribution in [-0.2, 0) is 13.7 Å². The van der Waals surface area contributed by atoms with Crippen molar-refractivity contribution in [2.75, 3.05) is 7.11 Å². The van der Waals surface area contributed by atoms with Crippen molar-refractivity contribution in [2.45, 2.75) is 6.61 Å². The van der Waals surface area contributed by atoms with Crippen LogP contribution >= 0.6 is 39.1 Å². The second-order valence-electron chi connectivity index (χ2n) is 6.13. The number of ketones is 1. The molecule has 0 aliphatic heterocycles. The van der Waals surface area contributed by atoms with Crippen LogP contribution in [0.3, 0.4) is 0 Å². The fraction of sp³-hybridized carbons (Fsp3) is 0.143. The summed E-state index contributed by atoms with van der Waals surface area (Å²) in [6, 6.07) is 11.0. The van der Waals surface area contributed by atoms with Gasteiger partial charge in [0.05, 0.1) is 17.2 Å². The second kappa shape index (κ2) is 9.48. The van der Waals surface area contributed by atoms with Gasteiger partial charge in [0.1, 0.15) is 18.1 Å². The quantitative estimate of drug-likeness (QED) is 0.299. The molecule has 0 saturated carbocycles. The summed E-state index contributed by atoms with van der Waals surface area (Å²) in [6.45, 7) is 0.256. The van der Waals surface area contributed by atoms with Gasteiger partial charge in [-0.25, -0.2) is 0 Å². The average Bonchev–Trinajstić information content (AvgIpc) is 3.03. The number of allylic oxidation sites excluding steroid dienone is 1. The highest BCUT2D eigenvalue weighted by atomic mass is 79.9. The van der Waals surface area contributed by atoms with Crippen LogP contribution in [0.25, 0.3) is 6.08 Å². The Hall–Kier alpha value is -2.28. The lowest BCUT2D eigenvalue weighted by Gasteiger charge is -2.12. The Bertz CT molecular complexity index is 1080. The van der Waals surface area contributed by atoms with Crippen LogP contribution in [0.2, 0.25) is 10.0 Å². The molecule has 0 radical (unpaired) electrons. The molecular weight excluding hydrogens is 479 g/mol. The number of aryl methyl sites for hydroxylation is 1. The standard InChI is InChI=1S/C21H17BrCl2N2O3/c1-26-11-17(24)21(25-26)18(27)6-3-13-4-7-19(28-2)14(9-13)12-29-20-8-5-15(22)10-16(20)23/h3-11H,12H2,1-2H3/b6-3+. The van der Waals surface area contributed by atoms with E-state index in [1.54, 1.807) is 38.6 Å². The van der Waals surface area contributed by atoms with Crippen LogP contribution in [0.4, 0.5) is 0 Å². The van der Waals surface area contributed by atoms with E-state index in [1.165, 1.54) is 10.8 Å². The molecule has 0 fully saturated rings. The predicted octanol–water partition coefficient (Wildman–Crippen LogP) is 5.97. The molecule has 3 rings (SSSR count). The Morgan fingerprint density at radius 3 is 2.59 bits per heavy atom. The Balaban J connectivity index is 1.77. The van der Waals surface area contributed by atoms with Gasteiger partial charge in [-0.2, -0.15) is 5.10 Å². The predicted molar refractivity (Wildman–Crippen MR) is 118 cm³/mol. The number of methoxy groups -OCH3 is 1. The third-order valence-electron chi connectivity index (χ3n) is 4.03. The van der Waals surface area contributed by atoms with E-state index in [0.717, 1.165) is 15.6 Å². The van der Waals surface area contributed by atoms with Crippen molar-refractivity contribution in [1.82, 2.24) is 9.78 Å². The number of aromatic nitrogens is 2. The zero-order chi connectivity index (χ0) is 21.0. The van der Waals surface area contributed by atoms with E-state index >= 15 is 0 Å². The number of hydrogen-bond donors (Lipinski definition) is 0. The Labute approximate surface area is 187 Å². The van der Waals surface area contributed by atoms with Gasteiger partial charge in [0, 0.05) is 23.3 Å². The molecule has 1 aromatic heterocycles. The van der Waals surface area contributed by atoms with Gasteiger partial charge in [0.25, 0.3) is 0 Å². The van der Waals surface area contributed by atoms with Gasteiger partial charge in [0.15, 0.2) is 5.69 Å². The van der Waals surface area contributed by atoms with E-state index in [0.29, 0.717) is 21.5 Å². The lowest BCUT2D eigenvalue weighted by Crippen LogP contribution is -2.00. The maximum atomic E-state index is 12.3. The summed E-state index contributed by atoms with van der Waals surface area (Å²) in [4.78, 5) is 12.3. The third-order valence-corrected chi connectivity index (χ3v) is 5.09. The SMILES string of the molecule is COc1ccc(/C=C/C(=O)c2nn(C)cc2Cl)cc1COc1ccc(Br)cc1Cl. The normalized spacial score (nSPS) is 11.1. The summed E-state index contributed by atoms with van der Waals surface area (Å²) in [5, 5.41) is 4.90. The van der Waals surface area contributed by atoms with E-state index in [-0.39, 0.29) is 18.1 Å². The van der Waals surface area contributed by atoms with Gasteiger partial charge in [-0.1, -0.05) is 51.3 Å². The van der Waals surface area contributed by atoms with Crippen LogP contribution in [0, 0.1) is 0 Å². The van der Waals surface area contributed by atoms with Crippen LogP contribution in [0.15, 0.2) is 53.1 Å². The minimum absolute atomic E-state index is 0.215. The molecule has 0 amide bonds. The Kier molecular flexibility index (Phi) is 7.00. The molecule has 0 spiro atoms. The zero-order valence-corrected chi connectivity index (χ0v) is 18.8. The van der Waals surface area contributed by atoms with Crippen molar-refractivity contribution in [2.24, 2.45) is 7.05 Å². The minimum atomic E-state index is -0.272. The number of carbonyl (C=O) groups is 1. The first-order chi connectivity index (χ1) is 13.9. The van der Waals surface area contributed by atoms with Gasteiger partial charge in [-0.3, -0.25) is 9.48 Å². The van der Waals surface area contributed by atoms with E-state index < -0.39 is 0 Å². The maximum absolute atomic E-state index is 12.3. The van der Waals surface area contributed by atoms with Gasteiger partial charge >= 0.3 is 0 Å². The number of hydrogen-bond acceptors (Lipinski definition) is 4. The van der Waals surface area contributed by atoms with Crippen LogP contribution < -0.4 is 9.47 Å². The third kappa shape index (κ3) is 5.41. The molecule has 0 aliphatic rings. The van der Waals surface area contributed by atoms with Crippen molar-refractivity contribution in [1.29, 1.82) is 0 Å². The van der Waals surface area contributed by atoms with Crippen molar-refractivity contribution >= 4 is 51.0 Å².